The molecule has 0 saturated carbocycles. The normalized spacial score (nSPS) is 16.5. The second kappa shape index (κ2) is 8.57. The van der Waals surface area contributed by atoms with Gasteiger partial charge in [-0.05, 0) is 56.0 Å². The second-order valence-corrected chi connectivity index (χ2v) is 7.28. The lowest BCUT2D eigenvalue weighted by molar-refractivity contribution is -0.128. The first kappa shape index (κ1) is 21.4. The van der Waals surface area contributed by atoms with E-state index in [4.69, 9.17) is 4.74 Å². The first-order valence-corrected chi connectivity index (χ1v) is 10.1. The van der Waals surface area contributed by atoms with Gasteiger partial charge in [0, 0.05) is 5.69 Å². The maximum absolute atomic E-state index is 13.2. The summed E-state index contributed by atoms with van der Waals surface area (Å²) >= 11 is 0. The molecule has 7 nitrogen and oxygen atoms in total. The zero-order chi connectivity index (χ0) is 22.0. The monoisotopic (exact) mass is 410 g/mol. The lowest BCUT2D eigenvalue weighted by Crippen LogP contribution is -2.52. The van der Waals surface area contributed by atoms with E-state index in [2.05, 4.69) is 5.32 Å². The fourth-order valence-electron chi connectivity index (χ4n) is 3.64. The Hall–Kier alpha value is -3.35. The maximum atomic E-state index is 13.2. The van der Waals surface area contributed by atoms with Crippen LogP contribution in [0.15, 0.2) is 36.4 Å². The van der Waals surface area contributed by atoms with E-state index >= 15 is 0 Å². The summed E-state index contributed by atoms with van der Waals surface area (Å²) in [7, 11) is 0. The van der Waals surface area contributed by atoms with Gasteiger partial charge in [-0.3, -0.25) is 14.5 Å². The molecule has 0 aliphatic carbocycles. The number of carbonyl (C=O) groups excluding carboxylic acids is 2. The quantitative estimate of drug-likeness (QED) is 0.758. The molecule has 3 rings (SSSR count). The zero-order valence-electron chi connectivity index (χ0n) is 17.6. The van der Waals surface area contributed by atoms with Crippen molar-refractivity contribution in [2.24, 2.45) is 0 Å². The highest BCUT2D eigenvalue weighted by Crippen LogP contribution is 2.36. The van der Waals surface area contributed by atoms with E-state index in [9.17, 15) is 19.5 Å². The average Bonchev–Trinajstić information content (AvgIpc) is 2.73. The summed E-state index contributed by atoms with van der Waals surface area (Å²) < 4.78 is 5.61. The van der Waals surface area contributed by atoms with Gasteiger partial charge in [-0.1, -0.05) is 32.0 Å². The highest BCUT2D eigenvalue weighted by atomic mass is 16.5. The fraction of sp³-hybridized carbons (Fsp3) is 0.348. The zero-order valence-corrected chi connectivity index (χ0v) is 17.6. The number of benzene rings is 2. The van der Waals surface area contributed by atoms with Gasteiger partial charge in [-0.15, -0.1) is 0 Å². The minimum atomic E-state index is -1.12. The fourth-order valence-corrected chi connectivity index (χ4v) is 3.64. The summed E-state index contributed by atoms with van der Waals surface area (Å²) in [4.78, 5) is 38.8. The Morgan fingerprint density at radius 1 is 1.17 bits per heavy atom. The third-order valence-corrected chi connectivity index (χ3v) is 5.37. The van der Waals surface area contributed by atoms with Crippen LogP contribution in [-0.2, 0) is 22.4 Å². The SMILES string of the molecule is CCc1cccc(CC)c1NC(=O)C(C)N1C(=O)C(C)Oc2ccc(C(=O)O)cc21. The number of aromatic carboxylic acids is 1. The van der Waals surface area contributed by atoms with Crippen LogP contribution in [0.25, 0.3) is 0 Å². The number of hydrogen-bond donors (Lipinski definition) is 2. The lowest BCUT2D eigenvalue weighted by atomic mass is 10.0. The Balaban J connectivity index is 1.98. The maximum Gasteiger partial charge on any atom is 0.335 e. The van der Waals surface area contributed by atoms with Gasteiger partial charge in [0.2, 0.25) is 5.91 Å². The molecule has 0 fully saturated rings. The van der Waals surface area contributed by atoms with Crippen molar-refractivity contribution in [3.8, 4) is 5.75 Å². The van der Waals surface area contributed by atoms with Crippen LogP contribution in [0.4, 0.5) is 11.4 Å². The molecular weight excluding hydrogens is 384 g/mol. The third-order valence-electron chi connectivity index (χ3n) is 5.37. The van der Waals surface area contributed by atoms with Crippen LogP contribution in [0.2, 0.25) is 0 Å². The van der Waals surface area contributed by atoms with Gasteiger partial charge < -0.3 is 15.2 Å². The van der Waals surface area contributed by atoms with Crippen LogP contribution in [-0.4, -0.2) is 35.0 Å². The van der Waals surface area contributed by atoms with E-state index in [1.54, 1.807) is 13.8 Å². The molecule has 0 radical (unpaired) electrons. The molecule has 1 aliphatic rings. The van der Waals surface area contributed by atoms with Crippen molar-refractivity contribution >= 4 is 29.2 Å². The molecule has 2 aromatic carbocycles. The van der Waals surface area contributed by atoms with E-state index in [1.165, 1.54) is 23.1 Å². The number of rotatable bonds is 6. The van der Waals surface area contributed by atoms with Crippen molar-refractivity contribution in [1.29, 1.82) is 0 Å². The van der Waals surface area contributed by atoms with Crippen molar-refractivity contribution < 1.29 is 24.2 Å². The topological polar surface area (TPSA) is 95.9 Å². The number of hydrogen-bond acceptors (Lipinski definition) is 4. The molecule has 2 aromatic rings. The summed E-state index contributed by atoms with van der Waals surface area (Å²) in [5.41, 5.74) is 3.10. The Morgan fingerprint density at radius 3 is 2.37 bits per heavy atom. The predicted molar refractivity (Wildman–Crippen MR) is 114 cm³/mol. The van der Waals surface area contributed by atoms with Gasteiger partial charge in [0.05, 0.1) is 11.3 Å². The number of carboxylic acids is 1. The van der Waals surface area contributed by atoms with Crippen LogP contribution >= 0.6 is 0 Å². The van der Waals surface area contributed by atoms with E-state index in [0.29, 0.717) is 5.75 Å². The number of ether oxygens (including phenoxy) is 1. The van der Waals surface area contributed by atoms with E-state index < -0.39 is 24.0 Å². The number of carbonyl (C=O) groups is 3. The Bertz CT molecular complexity index is 979. The van der Waals surface area contributed by atoms with Crippen molar-refractivity contribution in [3.05, 3.63) is 53.1 Å². The molecule has 0 spiro atoms. The first-order chi connectivity index (χ1) is 14.3. The van der Waals surface area contributed by atoms with Crippen molar-refractivity contribution in [2.45, 2.75) is 52.7 Å². The van der Waals surface area contributed by atoms with Gasteiger partial charge in [0.1, 0.15) is 11.8 Å². The standard InChI is InChI=1S/C23H26N2O5/c1-5-15-8-7-9-16(6-2)20(15)24-21(26)13(3)25-18-12-17(23(28)29)10-11-19(18)30-14(4)22(25)27/h7-14H,5-6H2,1-4H3,(H,24,26)(H,28,29). The number of fused-ring (bicyclic) bond motifs is 1. The summed E-state index contributed by atoms with van der Waals surface area (Å²) in [5.74, 6) is -1.49. The van der Waals surface area contributed by atoms with Gasteiger partial charge in [0.15, 0.2) is 6.10 Å². The molecule has 2 atom stereocenters. The van der Waals surface area contributed by atoms with Gasteiger partial charge >= 0.3 is 5.97 Å². The van der Waals surface area contributed by atoms with Crippen LogP contribution in [0.1, 0.15) is 49.2 Å². The molecule has 30 heavy (non-hydrogen) atoms. The second-order valence-electron chi connectivity index (χ2n) is 7.28. The Morgan fingerprint density at radius 2 is 1.80 bits per heavy atom. The predicted octanol–water partition coefficient (Wildman–Crippen LogP) is 3.65. The molecule has 0 bridgehead atoms. The Labute approximate surface area is 175 Å². The van der Waals surface area contributed by atoms with Crippen LogP contribution in [0.5, 0.6) is 5.75 Å². The Kier molecular flexibility index (Phi) is 6.10. The molecular formula is C23H26N2O5. The smallest absolute Gasteiger partial charge is 0.335 e. The van der Waals surface area contributed by atoms with Gasteiger partial charge in [-0.25, -0.2) is 4.79 Å². The third kappa shape index (κ3) is 3.87. The molecule has 158 valence electrons. The first-order valence-electron chi connectivity index (χ1n) is 10.1. The van der Waals surface area contributed by atoms with E-state index in [-0.39, 0.29) is 17.2 Å². The van der Waals surface area contributed by atoms with Crippen LogP contribution in [0, 0.1) is 0 Å². The summed E-state index contributed by atoms with van der Waals surface area (Å²) in [5, 5.41) is 12.3. The highest BCUT2D eigenvalue weighted by Gasteiger charge is 2.37. The largest absolute Gasteiger partial charge is 0.479 e. The van der Waals surface area contributed by atoms with Gasteiger partial charge in [-0.2, -0.15) is 0 Å². The number of anilines is 2. The minimum Gasteiger partial charge on any atom is -0.479 e. The van der Waals surface area contributed by atoms with Crippen molar-refractivity contribution in [3.63, 3.8) is 0 Å². The molecule has 0 aromatic heterocycles. The summed E-state index contributed by atoms with van der Waals surface area (Å²) in [6.45, 7) is 7.27. The summed E-state index contributed by atoms with van der Waals surface area (Å²) in [6, 6.07) is 9.34. The number of amides is 2. The molecule has 2 N–H and O–H groups in total. The highest BCUT2D eigenvalue weighted by molar-refractivity contribution is 6.08. The molecule has 0 saturated heterocycles. The molecule has 1 aliphatic heterocycles. The lowest BCUT2D eigenvalue weighted by Gasteiger charge is -2.36. The van der Waals surface area contributed by atoms with Gasteiger partial charge in [0.25, 0.3) is 5.91 Å². The van der Waals surface area contributed by atoms with Crippen molar-refractivity contribution in [1.82, 2.24) is 0 Å². The number of para-hydroxylation sites is 1. The van der Waals surface area contributed by atoms with Crippen LogP contribution in [0.3, 0.4) is 0 Å². The number of nitrogens with zero attached hydrogens (tertiary/aromatic N) is 1. The van der Waals surface area contributed by atoms with Crippen molar-refractivity contribution in [2.75, 3.05) is 10.2 Å². The molecule has 2 unspecified atom stereocenters. The number of carboxylic acid groups (broad SMARTS) is 1. The number of aryl methyl sites for hydroxylation is 2. The van der Waals surface area contributed by atoms with Crippen LogP contribution < -0.4 is 15.0 Å². The number of nitrogens with one attached hydrogen (secondary N) is 1. The average molecular weight is 410 g/mol. The summed E-state index contributed by atoms with van der Waals surface area (Å²) in [6.07, 6.45) is 0.740. The molecule has 7 heteroatoms. The van der Waals surface area contributed by atoms with E-state index in [1.807, 2.05) is 32.0 Å². The molecule has 1 heterocycles. The molecule has 2 amide bonds. The minimum absolute atomic E-state index is 0.0157. The van der Waals surface area contributed by atoms with E-state index in [0.717, 1.165) is 29.7 Å².